The number of benzene rings is 2. The average molecular weight is 315 g/mol. The van der Waals surface area contributed by atoms with Gasteiger partial charge < -0.3 is 10.1 Å². The second kappa shape index (κ2) is 7.36. The Morgan fingerprint density at radius 1 is 1.14 bits per heavy atom. The van der Waals surface area contributed by atoms with Crippen LogP contribution in [0.5, 0.6) is 5.75 Å². The molecular weight excluding hydrogens is 294 g/mol. The smallest absolute Gasteiger partial charge is 0.237 e. The molecule has 0 aromatic heterocycles. The van der Waals surface area contributed by atoms with Gasteiger partial charge in [-0.05, 0) is 62.2 Å². The number of hydrogen-bond donors (Lipinski definition) is 1. The summed E-state index contributed by atoms with van der Waals surface area (Å²) in [7, 11) is 1.64. The van der Waals surface area contributed by atoms with Crippen molar-refractivity contribution in [3.63, 3.8) is 0 Å². The molecule has 0 unspecified atom stereocenters. The Morgan fingerprint density at radius 2 is 1.82 bits per heavy atom. The van der Waals surface area contributed by atoms with Crippen molar-refractivity contribution in [3.05, 3.63) is 53.6 Å². The van der Waals surface area contributed by atoms with Crippen molar-refractivity contribution in [2.24, 2.45) is 0 Å². The van der Waals surface area contributed by atoms with Crippen molar-refractivity contribution in [2.75, 3.05) is 12.4 Å². The predicted octanol–water partition coefficient (Wildman–Crippen LogP) is 4.43. The molecule has 0 saturated carbocycles. The largest absolute Gasteiger partial charge is 0.497 e. The maximum atomic E-state index is 12.3. The second-order valence-electron chi connectivity index (χ2n) is 5.17. The van der Waals surface area contributed by atoms with Gasteiger partial charge in [-0.15, -0.1) is 11.8 Å². The van der Waals surface area contributed by atoms with Crippen LogP contribution in [-0.4, -0.2) is 18.3 Å². The van der Waals surface area contributed by atoms with E-state index in [4.69, 9.17) is 4.74 Å². The number of carbonyl (C=O) groups is 1. The number of methoxy groups -OCH3 is 1. The van der Waals surface area contributed by atoms with Gasteiger partial charge in [0.2, 0.25) is 5.91 Å². The summed E-state index contributed by atoms with van der Waals surface area (Å²) < 4.78 is 5.14. The highest BCUT2D eigenvalue weighted by molar-refractivity contribution is 8.00. The van der Waals surface area contributed by atoms with Crippen LogP contribution in [0.3, 0.4) is 0 Å². The summed E-state index contributed by atoms with van der Waals surface area (Å²) in [6, 6.07) is 13.7. The van der Waals surface area contributed by atoms with Gasteiger partial charge >= 0.3 is 0 Å². The Kier molecular flexibility index (Phi) is 5.50. The molecule has 0 fully saturated rings. The molecule has 116 valence electrons. The SMILES string of the molecule is COc1ccc(S[C@@H](C)C(=O)Nc2cccc(C)c2C)cc1. The molecule has 1 atom stereocenters. The molecule has 22 heavy (non-hydrogen) atoms. The molecule has 1 N–H and O–H groups in total. The third-order valence-electron chi connectivity index (χ3n) is 3.60. The number of anilines is 1. The zero-order valence-electron chi connectivity index (χ0n) is 13.3. The third kappa shape index (κ3) is 4.04. The first-order chi connectivity index (χ1) is 10.5. The number of rotatable bonds is 5. The Bertz CT molecular complexity index is 653. The number of carbonyl (C=O) groups excluding carboxylic acids is 1. The van der Waals surface area contributed by atoms with Crippen molar-refractivity contribution in [1.82, 2.24) is 0 Å². The zero-order chi connectivity index (χ0) is 16.1. The lowest BCUT2D eigenvalue weighted by Crippen LogP contribution is -2.22. The molecule has 2 rings (SSSR count). The monoisotopic (exact) mass is 315 g/mol. The molecule has 0 heterocycles. The topological polar surface area (TPSA) is 38.3 Å². The number of ether oxygens (including phenoxy) is 1. The Labute approximate surface area is 136 Å². The molecule has 0 spiro atoms. The molecule has 0 aliphatic rings. The molecule has 3 nitrogen and oxygen atoms in total. The normalized spacial score (nSPS) is 11.8. The number of aryl methyl sites for hydroxylation is 1. The number of amides is 1. The van der Waals surface area contributed by atoms with Crippen molar-refractivity contribution >= 4 is 23.4 Å². The molecule has 0 radical (unpaired) electrons. The summed E-state index contributed by atoms with van der Waals surface area (Å²) in [5.41, 5.74) is 3.16. The van der Waals surface area contributed by atoms with Gasteiger partial charge in [-0.2, -0.15) is 0 Å². The maximum Gasteiger partial charge on any atom is 0.237 e. The minimum absolute atomic E-state index is 0.00881. The van der Waals surface area contributed by atoms with Crippen LogP contribution in [0.4, 0.5) is 5.69 Å². The minimum atomic E-state index is -0.173. The van der Waals surface area contributed by atoms with Crippen LogP contribution in [-0.2, 0) is 4.79 Å². The van der Waals surface area contributed by atoms with Crippen LogP contribution in [0.25, 0.3) is 0 Å². The van der Waals surface area contributed by atoms with E-state index in [0.29, 0.717) is 0 Å². The van der Waals surface area contributed by atoms with Crippen molar-refractivity contribution in [1.29, 1.82) is 0 Å². The quantitative estimate of drug-likeness (QED) is 0.829. The Balaban J connectivity index is 2.01. The molecule has 4 heteroatoms. The lowest BCUT2D eigenvalue weighted by Gasteiger charge is -2.14. The first-order valence-electron chi connectivity index (χ1n) is 7.19. The molecule has 1 amide bonds. The van der Waals surface area contributed by atoms with Crippen molar-refractivity contribution < 1.29 is 9.53 Å². The summed E-state index contributed by atoms with van der Waals surface area (Å²) >= 11 is 1.53. The first kappa shape index (κ1) is 16.4. The van der Waals surface area contributed by atoms with Gasteiger partial charge in [-0.25, -0.2) is 0 Å². The molecule has 2 aromatic carbocycles. The summed E-state index contributed by atoms with van der Waals surface area (Å²) in [4.78, 5) is 13.4. The van der Waals surface area contributed by atoms with Crippen LogP contribution in [0, 0.1) is 13.8 Å². The van der Waals surface area contributed by atoms with E-state index in [0.717, 1.165) is 21.9 Å². The summed E-state index contributed by atoms with van der Waals surface area (Å²) in [6.45, 7) is 5.97. The van der Waals surface area contributed by atoms with E-state index in [9.17, 15) is 4.79 Å². The Hall–Kier alpha value is -1.94. The van der Waals surface area contributed by atoms with Gasteiger partial charge in [0, 0.05) is 10.6 Å². The fourth-order valence-electron chi connectivity index (χ4n) is 2.03. The molecule has 0 saturated heterocycles. The van der Waals surface area contributed by atoms with Gasteiger partial charge in [0.1, 0.15) is 5.75 Å². The van der Waals surface area contributed by atoms with Crippen LogP contribution < -0.4 is 10.1 Å². The molecular formula is C18H21NO2S. The third-order valence-corrected chi connectivity index (χ3v) is 4.72. The van der Waals surface area contributed by atoms with Gasteiger partial charge in [0.15, 0.2) is 0 Å². The zero-order valence-corrected chi connectivity index (χ0v) is 14.2. The number of hydrogen-bond acceptors (Lipinski definition) is 3. The second-order valence-corrected chi connectivity index (χ2v) is 6.59. The van der Waals surface area contributed by atoms with Crippen LogP contribution in [0.2, 0.25) is 0 Å². The van der Waals surface area contributed by atoms with Crippen LogP contribution in [0.1, 0.15) is 18.1 Å². The van der Waals surface area contributed by atoms with E-state index >= 15 is 0 Å². The van der Waals surface area contributed by atoms with E-state index in [1.54, 1.807) is 7.11 Å². The minimum Gasteiger partial charge on any atom is -0.497 e. The number of nitrogens with one attached hydrogen (secondary N) is 1. The average Bonchev–Trinajstić information content (AvgIpc) is 2.52. The van der Waals surface area contributed by atoms with Gasteiger partial charge in [-0.3, -0.25) is 4.79 Å². The van der Waals surface area contributed by atoms with Crippen LogP contribution >= 0.6 is 11.8 Å². The lowest BCUT2D eigenvalue weighted by atomic mass is 10.1. The molecule has 0 aliphatic carbocycles. The highest BCUT2D eigenvalue weighted by Crippen LogP contribution is 2.27. The summed E-state index contributed by atoms with van der Waals surface area (Å²) in [5.74, 6) is 0.825. The highest BCUT2D eigenvalue weighted by atomic mass is 32.2. The van der Waals surface area contributed by atoms with E-state index in [1.807, 2.05) is 63.2 Å². The predicted molar refractivity (Wildman–Crippen MR) is 92.9 cm³/mol. The molecule has 0 aliphatic heterocycles. The molecule has 0 bridgehead atoms. The number of thioether (sulfide) groups is 1. The fraction of sp³-hybridized carbons (Fsp3) is 0.278. The van der Waals surface area contributed by atoms with E-state index in [2.05, 4.69) is 5.32 Å². The summed E-state index contributed by atoms with van der Waals surface area (Å²) in [5, 5.41) is 2.84. The van der Waals surface area contributed by atoms with E-state index in [-0.39, 0.29) is 11.2 Å². The van der Waals surface area contributed by atoms with E-state index in [1.165, 1.54) is 17.3 Å². The van der Waals surface area contributed by atoms with Crippen molar-refractivity contribution in [2.45, 2.75) is 30.9 Å². The fourth-order valence-corrected chi connectivity index (χ4v) is 2.90. The van der Waals surface area contributed by atoms with E-state index < -0.39 is 0 Å². The van der Waals surface area contributed by atoms with Crippen molar-refractivity contribution in [3.8, 4) is 5.75 Å². The highest BCUT2D eigenvalue weighted by Gasteiger charge is 2.15. The maximum absolute atomic E-state index is 12.3. The molecule has 2 aromatic rings. The van der Waals surface area contributed by atoms with Crippen LogP contribution in [0.15, 0.2) is 47.4 Å². The van der Waals surface area contributed by atoms with Gasteiger partial charge in [-0.1, -0.05) is 12.1 Å². The van der Waals surface area contributed by atoms with Gasteiger partial charge in [0.25, 0.3) is 0 Å². The Morgan fingerprint density at radius 3 is 2.45 bits per heavy atom. The standard InChI is InChI=1S/C18H21NO2S/c1-12-6-5-7-17(13(12)2)19-18(20)14(3)22-16-10-8-15(21-4)9-11-16/h5-11,14H,1-4H3,(H,19,20)/t14-/m0/s1. The lowest BCUT2D eigenvalue weighted by molar-refractivity contribution is -0.115. The summed E-state index contributed by atoms with van der Waals surface area (Å²) in [6.07, 6.45) is 0. The van der Waals surface area contributed by atoms with Gasteiger partial charge in [0.05, 0.1) is 12.4 Å². The first-order valence-corrected chi connectivity index (χ1v) is 8.07.